The molecule has 26 heavy (non-hydrogen) atoms. The Balaban J connectivity index is 1.62. The quantitative estimate of drug-likeness (QED) is 0.696. The van der Waals surface area contributed by atoms with Gasteiger partial charge in [0.05, 0.1) is 17.0 Å². The van der Waals surface area contributed by atoms with Crippen LogP contribution in [0.5, 0.6) is 0 Å². The second kappa shape index (κ2) is 7.95. The standard InChI is InChI=1S/C21H23N3O2/c1-15(17-9-4-3-5-10-17)20(25)22-13-8-14-24-19-12-7-6-11-18(19)23-16(2)21(24)26/h3-7,9-12,15H,8,13-14H2,1-2H3,(H,22,25). The van der Waals surface area contributed by atoms with Crippen LogP contribution >= 0.6 is 0 Å². The summed E-state index contributed by atoms with van der Waals surface area (Å²) >= 11 is 0. The molecule has 0 aliphatic rings. The second-order valence-electron chi connectivity index (χ2n) is 6.42. The van der Waals surface area contributed by atoms with E-state index < -0.39 is 0 Å². The van der Waals surface area contributed by atoms with Gasteiger partial charge >= 0.3 is 0 Å². The Hall–Kier alpha value is -2.95. The molecule has 0 fully saturated rings. The maximum Gasteiger partial charge on any atom is 0.272 e. The van der Waals surface area contributed by atoms with Crippen molar-refractivity contribution >= 4 is 16.9 Å². The summed E-state index contributed by atoms with van der Waals surface area (Å²) in [6, 6.07) is 17.3. The lowest BCUT2D eigenvalue weighted by molar-refractivity contribution is -0.122. The van der Waals surface area contributed by atoms with Crippen molar-refractivity contribution in [2.75, 3.05) is 6.54 Å². The largest absolute Gasteiger partial charge is 0.356 e. The Labute approximate surface area is 152 Å². The molecule has 0 spiro atoms. The molecule has 3 aromatic rings. The van der Waals surface area contributed by atoms with Crippen molar-refractivity contribution in [2.45, 2.75) is 32.7 Å². The summed E-state index contributed by atoms with van der Waals surface area (Å²) in [5, 5.41) is 2.96. The molecular weight excluding hydrogens is 326 g/mol. The van der Waals surface area contributed by atoms with Crippen molar-refractivity contribution in [3.8, 4) is 0 Å². The molecule has 134 valence electrons. The van der Waals surface area contributed by atoms with Gasteiger partial charge in [0.15, 0.2) is 0 Å². The summed E-state index contributed by atoms with van der Waals surface area (Å²) in [6.07, 6.45) is 0.681. The van der Waals surface area contributed by atoms with Crippen LogP contribution in [-0.2, 0) is 11.3 Å². The highest BCUT2D eigenvalue weighted by molar-refractivity contribution is 5.83. The lowest BCUT2D eigenvalue weighted by atomic mass is 10.0. The molecule has 0 aliphatic carbocycles. The van der Waals surface area contributed by atoms with E-state index >= 15 is 0 Å². The van der Waals surface area contributed by atoms with Gasteiger partial charge in [0.2, 0.25) is 5.91 Å². The number of para-hydroxylation sites is 2. The monoisotopic (exact) mass is 349 g/mol. The van der Waals surface area contributed by atoms with Crippen molar-refractivity contribution in [2.24, 2.45) is 0 Å². The minimum Gasteiger partial charge on any atom is -0.356 e. The summed E-state index contributed by atoms with van der Waals surface area (Å²) in [4.78, 5) is 29.1. The predicted molar refractivity (Wildman–Crippen MR) is 103 cm³/mol. The van der Waals surface area contributed by atoms with Crippen molar-refractivity contribution in [3.05, 3.63) is 76.2 Å². The van der Waals surface area contributed by atoms with E-state index in [0.717, 1.165) is 16.6 Å². The van der Waals surface area contributed by atoms with Crippen LogP contribution in [0, 0.1) is 6.92 Å². The Kier molecular flexibility index (Phi) is 5.46. The van der Waals surface area contributed by atoms with Crippen LogP contribution in [0.25, 0.3) is 11.0 Å². The fourth-order valence-electron chi connectivity index (χ4n) is 3.04. The third-order valence-corrected chi connectivity index (χ3v) is 4.57. The highest BCUT2D eigenvalue weighted by atomic mass is 16.2. The Morgan fingerprint density at radius 1 is 1.12 bits per heavy atom. The second-order valence-corrected chi connectivity index (χ2v) is 6.42. The molecule has 0 radical (unpaired) electrons. The fraction of sp³-hybridized carbons (Fsp3) is 0.286. The average Bonchev–Trinajstić information content (AvgIpc) is 2.67. The van der Waals surface area contributed by atoms with Gasteiger partial charge < -0.3 is 9.88 Å². The third-order valence-electron chi connectivity index (χ3n) is 4.57. The van der Waals surface area contributed by atoms with E-state index in [4.69, 9.17) is 0 Å². The molecule has 1 atom stereocenters. The number of nitrogens with one attached hydrogen (secondary N) is 1. The first kappa shape index (κ1) is 17.9. The molecule has 3 rings (SSSR count). The zero-order valence-electron chi connectivity index (χ0n) is 15.1. The Bertz CT molecular complexity index is 964. The summed E-state index contributed by atoms with van der Waals surface area (Å²) in [5.74, 6) is -0.192. The van der Waals surface area contributed by atoms with Crippen LogP contribution in [-0.4, -0.2) is 22.0 Å². The summed E-state index contributed by atoms with van der Waals surface area (Å²) in [7, 11) is 0. The maximum absolute atomic E-state index is 12.4. The Morgan fingerprint density at radius 3 is 2.58 bits per heavy atom. The van der Waals surface area contributed by atoms with Gasteiger partial charge in [0, 0.05) is 13.1 Å². The third kappa shape index (κ3) is 3.82. The molecule has 5 nitrogen and oxygen atoms in total. The smallest absolute Gasteiger partial charge is 0.272 e. The number of fused-ring (bicyclic) bond motifs is 1. The summed E-state index contributed by atoms with van der Waals surface area (Å²) in [5.41, 5.74) is 3.05. The zero-order chi connectivity index (χ0) is 18.5. The lowest BCUT2D eigenvalue weighted by Crippen LogP contribution is -2.31. The number of aromatic nitrogens is 2. The van der Waals surface area contributed by atoms with Gasteiger partial charge in [-0.05, 0) is 38.0 Å². The molecule has 5 heteroatoms. The average molecular weight is 349 g/mol. The molecule has 1 N–H and O–H groups in total. The van der Waals surface area contributed by atoms with E-state index in [2.05, 4.69) is 10.3 Å². The number of hydrogen-bond acceptors (Lipinski definition) is 3. The molecule has 2 aromatic carbocycles. The van der Waals surface area contributed by atoms with E-state index in [1.54, 1.807) is 11.5 Å². The molecule has 0 saturated heterocycles. The molecule has 1 aromatic heterocycles. The first-order valence-corrected chi connectivity index (χ1v) is 8.87. The topological polar surface area (TPSA) is 64.0 Å². The lowest BCUT2D eigenvalue weighted by Gasteiger charge is -2.14. The SMILES string of the molecule is Cc1nc2ccccc2n(CCCNC(=O)C(C)c2ccccc2)c1=O. The number of carbonyl (C=O) groups is 1. The van der Waals surface area contributed by atoms with Crippen LogP contribution in [0.15, 0.2) is 59.4 Å². The summed E-state index contributed by atoms with van der Waals surface area (Å²) < 4.78 is 1.74. The van der Waals surface area contributed by atoms with Crippen molar-refractivity contribution in [1.82, 2.24) is 14.9 Å². The molecule has 0 aliphatic heterocycles. The first-order valence-electron chi connectivity index (χ1n) is 8.87. The van der Waals surface area contributed by atoms with Gasteiger partial charge in [0.1, 0.15) is 5.69 Å². The van der Waals surface area contributed by atoms with E-state index in [1.807, 2.05) is 61.5 Å². The Morgan fingerprint density at radius 2 is 1.81 bits per heavy atom. The number of benzene rings is 2. The first-order chi connectivity index (χ1) is 12.6. The van der Waals surface area contributed by atoms with Crippen molar-refractivity contribution in [3.63, 3.8) is 0 Å². The van der Waals surface area contributed by atoms with Crippen LogP contribution in [0.4, 0.5) is 0 Å². The molecular formula is C21H23N3O2. The number of hydrogen-bond donors (Lipinski definition) is 1. The van der Waals surface area contributed by atoms with Crippen LogP contribution in [0.1, 0.15) is 30.5 Å². The minimum atomic E-state index is -0.192. The highest BCUT2D eigenvalue weighted by Crippen LogP contribution is 2.14. The van der Waals surface area contributed by atoms with E-state index in [-0.39, 0.29) is 17.4 Å². The molecule has 0 bridgehead atoms. The van der Waals surface area contributed by atoms with E-state index in [0.29, 0.717) is 25.2 Å². The molecule has 0 saturated carbocycles. The van der Waals surface area contributed by atoms with Crippen molar-refractivity contribution < 1.29 is 4.79 Å². The predicted octanol–water partition coefficient (Wildman–Crippen LogP) is 3.01. The van der Waals surface area contributed by atoms with Crippen LogP contribution in [0.3, 0.4) is 0 Å². The number of nitrogens with zero attached hydrogens (tertiary/aromatic N) is 2. The number of amides is 1. The molecule has 1 amide bonds. The summed E-state index contributed by atoms with van der Waals surface area (Å²) in [6.45, 7) is 4.70. The number of carbonyl (C=O) groups excluding carboxylic acids is 1. The number of aryl methyl sites for hydroxylation is 2. The van der Waals surface area contributed by atoms with Gasteiger partial charge in [-0.15, -0.1) is 0 Å². The number of rotatable bonds is 6. The van der Waals surface area contributed by atoms with Crippen molar-refractivity contribution in [1.29, 1.82) is 0 Å². The van der Waals surface area contributed by atoms with Gasteiger partial charge in [-0.25, -0.2) is 4.98 Å². The maximum atomic E-state index is 12.4. The molecule has 1 heterocycles. The fourth-order valence-corrected chi connectivity index (χ4v) is 3.04. The van der Waals surface area contributed by atoms with Gasteiger partial charge in [-0.1, -0.05) is 42.5 Å². The van der Waals surface area contributed by atoms with Crippen LogP contribution in [0.2, 0.25) is 0 Å². The zero-order valence-corrected chi connectivity index (χ0v) is 15.1. The van der Waals surface area contributed by atoms with E-state index in [9.17, 15) is 9.59 Å². The van der Waals surface area contributed by atoms with Crippen LogP contribution < -0.4 is 10.9 Å². The van der Waals surface area contributed by atoms with E-state index in [1.165, 1.54) is 0 Å². The van der Waals surface area contributed by atoms with Gasteiger partial charge in [-0.2, -0.15) is 0 Å². The van der Waals surface area contributed by atoms with Gasteiger partial charge in [0.25, 0.3) is 5.56 Å². The highest BCUT2D eigenvalue weighted by Gasteiger charge is 2.14. The normalized spacial score (nSPS) is 12.1. The molecule has 1 unspecified atom stereocenters. The van der Waals surface area contributed by atoms with Gasteiger partial charge in [-0.3, -0.25) is 9.59 Å². The minimum absolute atomic E-state index is 0.000635.